The Kier molecular flexibility index (Phi) is 7.19. The summed E-state index contributed by atoms with van der Waals surface area (Å²) >= 11 is 1.14. The van der Waals surface area contributed by atoms with Crippen molar-refractivity contribution < 1.29 is 14.0 Å². The molecule has 2 amide bonds. The molecule has 0 atom stereocenters. The van der Waals surface area contributed by atoms with Gasteiger partial charge in [-0.15, -0.1) is 0 Å². The third-order valence-electron chi connectivity index (χ3n) is 5.40. The molecule has 0 spiro atoms. The first kappa shape index (κ1) is 21.2. The summed E-state index contributed by atoms with van der Waals surface area (Å²) in [5, 5.41) is 4.68. The van der Waals surface area contributed by atoms with E-state index in [0.29, 0.717) is 51.0 Å². The number of rotatable bonds is 7. The third kappa shape index (κ3) is 5.53. The van der Waals surface area contributed by atoms with Crippen molar-refractivity contribution in [1.29, 1.82) is 0 Å². The number of likely N-dealkylation sites (tertiary alicyclic amines) is 1. The molecule has 0 saturated carbocycles. The predicted molar refractivity (Wildman–Crippen MR) is 110 cm³/mol. The largest absolute Gasteiger partial charge is 0.356 e. The standard InChI is InChI=1S/C21H26FN3O3S/c1-15-14-29-21(28)25(15)13-9-19(26)24-11-7-17(8-12-24)20(27)23-10-6-16-4-2-3-5-18(16)22/h2-5,14,17H,6-13H2,1H3,(H,23,27). The van der Waals surface area contributed by atoms with Crippen LogP contribution >= 0.6 is 11.3 Å². The van der Waals surface area contributed by atoms with Crippen LogP contribution in [0.1, 0.15) is 30.5 Å². The van der Waals surface area contributed by atoms with Crippen molar-refractivity contribution in [3.63, 3.8) is 0 Å². The first-order valence-corrected chi connectivity index (χ1v) is 10.8. The Bertz CT molecular complexity index is 916. The highest BCUT2D eigenvalue weighted by Crippen LogP contribution is 2.18. The maximum Gasteiger partial charge on any atom is 0.307 e. The van der Waals surface area contributed by atoms with Crippen LogP contribution in [0, 0.1) is 18.7 Å². The molecule has 0 unspecified atom stereocenters. The molecule has 3 rings (SSSR count). The fraction of sp³-hybridized carbons (Fsp3) is 0.476. The van der Waals surface area contributed by atoms with Crippen LogP contribution in [-0.4, -0.2) is 40.9 Å². The highest BCUT2D eigenvalue weighted by molar-refractivity contribution is 7.07. The molecule has 1 aliphatic heterocycles. The van der Waals surface area contributed by atoms with Crippen LogP contribution in [0.15, 0.2) is 34.4 Å². The van der Waals surface area contributed by atoms with E-state index in [9.17, 15) is 18.8 Å². The van der Waals surface area contributed by atoms with E-state index in [-0.39, 0.29) is 34.8 Å². The van der Waals surface area contributed by atoms with Crippen molar-refractivity contribution in [2.75, 3.05) is 19.6 Å². The third-order valence-corrected chi connectivity index (χ3v) is 6.28. The summed E-state index contributed by atoms with van der Waals surface area (Å²) in [6, 6.07) is 6.56. The van der Waals surface area contributed by atoms with E-state index in [1.165, 1.54) is 6.07 Å². The number of hydrogen-bond donors (Lipinski definition) is 1. The van der Waals surface area contributed by atoms with Gasteiger partial charge in [0.25, 0.3) is 0 Å². The molecule has 1 aromatic carbocycles. The van der Waals surface area contributed by atoms with Crippen LogP contribution < -0.4 is 10.2 Å². The number of nitrogens with one attached hydrogen (secondary N) is 1. The minimum absolute atomic E-state index is 0.0147. The summed E-state index contributed by atoms with van der Waals surface area (Å²) in [5.41, 5.74) is 1.46. The lowest BCUT2D eigenvalue weighted by Gasteiger charge is -2.31. The highest BCUT2D eigenvalue weighted by Gasteiger charge is 2.27. The normalized spacial score (nSPS) is 14.8. The number of aromatic nitrogens is 1. The molecule has 0 radical (unpaired) electrons. The van der Waals surface area contributed by atoms with Crippen LogP contribution in [0.3, 0.4) is 0 Å². The van der Waals surface area contributed by atoms with Gasteiger partial charge in [0.05, 0.1) is 0 Å². The Balaban J connectivity index is 1.39. The number of benzene rings is 1. The number of nitrogens with zero attached hydrogens (tertiary/aromatic N) is 2. The number of amides is 2. The zero-order valence-electron chi connectivity index (χ0n) is 16.5. The Morgan fingerprint density at radius 2 is 1.97 bits per heavy atom. The lowest BCUT2D eigenvalue weighted by atomic mass is 9.95. The lowest BCUT2D eigenvalue weighted by molar-refractivity contribution is -0.135. The number of piperidine rings is 1. The van der Waals surface area contributed by atoms with Gasteiger partial charge in [-0.05, 0) is 37.8 Å². The van der Waals surface area contributed by atoms with Gasteiger partial charge in [0.1, 0.15) is 5.82 Å². The number of carbonyl (C=O) groups is 2. The average molecular weight is 420 g/mol. The van der Waals surface area contributed by atoms with Crippen LogP contribution in [0.5, 0.6) is 0 Å². The molecule has 29 heavy (non-hydrogen) atoms. The predicted octanol–water partition coefficient (Wildman–Crippen LogP) is 2.34. The van der Waals surface area contributed by atoms with Gasteiger partial charge in [-0.3, -0.25) is 14.4 Å². The van der Waals surface area contributed by atoms with Gasteiger partial charge in [-0.1, -0.05) is 29.5 Å². The Hall–Kier alpha value is -2.48. The van der Waals surface area contributed by atoms with Crippen molar-refractivity contribution in [3.8, 4) is 0 Å². The number of hydrogen-bond acceptors (Lipinski definition) is 4. The van der Waals surface area contributed by atoms with Gasteiger partial charge in [0.15, 0.2) is 0 Å². The Morgan fingerprint density at radius 3 is 2.62 bits per heavy atom. The van der Waals surface area contributed by atoms with Crippen molar-refractivity contribution in [1.82, 2.24) is 14.8 Å². The Morgan fingerprint density at radius 1 is 1.24 bits per heavy atom. The molecule has 1 saturated heterocycles. The molecular weight excluding hydrogens is 393 g/mol. The summed E-state index contributed by atoms with van der Waals surface area (Å²) in [6.07, 6.45) is 1.98. The van der Waals surface area contributed by atoms with E-state index >= 15 is 0 Å². The lowest BCUT2D eigenvalue weighted by Crippen LogP contribution is -2.43. The number of carbonyl (C=O) groups excluding carboxylic acids is 2. The molecule has 1 N–H and O–H groups in total. The average Bonchev–Trinajstić information content (AvgIpc) is 3.05. The van der Waals surface area contributed by atoms with Crippen LogP contribution in [0.2, 0.25) is 0 Å². The molecule has 0 bridgehead atoms. The smallest absolute Gasteiger partial charge is 0.307 e. The molecule has 1 aromatic heterocycles. The maximum absolute atomic E-state index is 13.6. The fourth-order valence-electron chi connectivity index (χ4n) is 3.60. The van der Waals surface area contributed by atoms with Gasteiger partial charge in [0, 0.05) is 49.6 Å². The molecule has 1 aliphatic rings. The van der Waals surface area contributed by atoms with Crippen molar-refractivity contribution >= 4 is 23.2 Å². The molecule has 0 aliphatic carbocycles. The SMILES string of the molecule is Cc1csc(=O)n1CCC(=O)N1CCC(C(=O)NCCc2ccccc2F)CC1. The molecule has 2 aromatic rings. The van der Waals surface area contributed by atoms with Crippen LogP contribution in [0.25, 0.3) is 0 Å². The van der Waals surface area contributed by atoms with Gasteiger partial charge in [-0.25, -0.2) is 4.39 Å². The Labute approximate surface area is 173 Å². The van der Waals surface area contributed by atoms with Gasteiger partial charge in [0.2, 0.25) is 11.8 Å². The number of halogens is 1. The van der Waals surface area contributed by atoms with E-state index < -0.39 is 0 Å². The second-order valence-corrected chi connectivity index (χ2v) is 8.15. The van der Waals surface area contributed by atoms with Gasteiger partial charge < -0.3 is 14.8 Å². The van der Waals surface area contributed by atoms with Gasteiger partial charge >= 0.3 is 4.87 Å². The summed E-state index contributed by atoms with van der Waals surface area (Å²) < 4.78 is 15.2. The first-order valence-electron chi connectivity index (χ1n) is 9.89. The quantitative estimate of drug-likeness (QED) is 0.749. The van der Waals surface area contributed by atoms with Crippen molar-refractivity contribution in [3.05, 3.63) is 56.4 Å². The first-order chi connectivity index (χ1) is 14.0. The summed E-state index contributed by atoms with van der Waals surface area (Å²) in [6.45, 7) is 3.74. The van der Waals surface area contributed by atoms with E-state index in [0.717, 1.165) is 17.0 Å². The molecule has 156 valence electrons. The number of thiazole rings is 1. The zero-order valence-corrected chi connectivity index (χ0v) is 17.3. The molecule has 8 heteroatoms. The summed E-state index contributed by atoms with van der Waals surface area (Å²) in [5.74, 6) is -0.398. The topological polar surface area (TPSA) is 71.4 Å². The minimum Gasteiger partial charge on any atom is -0.356 e. The number of aryl methyl sites for hydroxylation is 1. The highest BCUT2D eigenvalue weighted by atomic mass is 32.1. The van der Waals surface area contributed by atoms with Crippen LogP contribution in [0.4, 0.5) is 4.39 Å². The van der Waals surface area contributed by atoms with Crippen molar-refractivity contribution in [2.45, 2.75) is 39.2 Å². The zero-order chi connectivity index (χ0) is 20.8. The van der Waals surface area contributed by atoms with E-state index in [1.807, 2.05) is 6.92 Å². The van der Waals surface area contributed by atoms with Gasteiger partial charge in [-0.2, -0.15) is 0 Å². The fourth-order valence-corrected chi connectivity index (χ4v) is 4.36. The monoisotopic (exact) mass is 419 g/mol. The second kappa shape index (κ2) is 9.82. The van der Waals surface area contributed by atoms with E-state index in [2.05, 4.69) is 5.32 Å². The van der Waals surface area contributed by atoms with E-state index in [4.69, 9.17) is 0 Å². The van der Waals surface area contributed by atoms with Crippen molar-refractivity contribution in [2.24, 2.45) is 5.92 Å². The molecular formula is C21H26FN3O3S. The molecule has 1 fully saturated rings. The summed E-state index contributed by atoms with van der Waals surface area (Å²) in [4.78, 5) is 38.3. The second-order valence-electron chi connectivity index (χ2n) is 7.33. The van der Waals surface area contributed by atoms with Crippen LogP contribution in [-0.2, 0) is 22.6 Å². The minimum atomic E-state index is -0.256. The summed E-state index contributed by atoms with van der Waals surface area (Å²) in [7, 11) is 0. The van der Waals surface area contributed by atoms with E-state index in [1.54, 1.807) is 33.0 Å². The molecule has 6 nitrogen and oxygen atoms in total. The molecule has 2 heterocycles. The maximum atomic E-state index is 13.6.